The molecule has 6 heteroatoms. The van der Waals surface area contributed by atoms with Gasteiger partial charge in [-0.1, -0.05) is 44.2 Å². The van der Waals surface area contributed by atoms with Crippen molar-refractivity contribution in [3.8, 4) is 0 Å². The average molecular weight is 291 g/mol. The van der Waals surface area contributed by atoms with E-state index >= 15 is 0 Å². The number of hydrogen-bond acceptors (Lipinski definition) is 3. The number of imidazole rings is 1. The van der Waals surface area contributed by atoms with E-state index in [0.717, 1.165) is 5.56 Å². The largest absolute Gasteiger partial charge is 0.335 e. The lowest BCUT2D eigenvalue weighted by Gasteiger charge is -2.05. The molecule has 5 nitrogen and oxygen atoms in total. The molecule has 0 saturated heterocycles. The van der Waals surface area contributed by atoms with Crippen molar-refractivity contribution in [2.75, 3.05) is 0 Å². The van der Waals surface area contributed by atoms with Gasteiger partial charge in [-0.2, -0.15) is 0 Å². The zero-order valence-electron chi connectivity index (χ0n) is 11.4. The van der Waals surface area contributed by atoms with Gasteiger partial charge in [-0.3, -0.25) is 0 Å². The average Bonchev–Trinajstić information content (AvgIpc) is 2.84. The second-order valence-corrected chi connectivity index (χ2v) is 7.41. The van der Waals surface area contributed by atoms with E-state index in [4.69, 9.17) is 0 Å². The number of benzene rings is 1. The highest BCUT2D eigenvalue weighted by Crippen LogP contribution is 2.58. The maximum absolute atomic E-state index is 12.2. The van der Waals surface area contributed by atoms with Crippen LogP contribution in [0.4, 0.5) is 0 Å². The Morgan fingerprint density at radius 3 is 2.55 bits per heavy atom. The number of hydrogen-bond donors (Lipinski definition) is 2. The number of aromatic nitrogens is 2. The van der Waals surface area contributed by atoms with Crippen molar-refractivity contribution in [2.24, 2.45) is 5.41 Å². The van der Waals surface area contributed by atoms with E-state index in [0.29, 0.717) is 0 Å². The van der Waals surface area contributed by atoms with E-state index in [1.807, 2.05) is 30.3 Å². The number of nitrogens with one attached hydrogen (secondary N) is 2. The molecule has 1 heterocycles. The third kappa shape index (κ3) is 2.14. The zero-order chi connectivity index (χ0) is 14.4. The van der Waals surface area contributed by atoms with E-state index in [1.165, 1.54) is 12.5 Å². The minimum Gasteiger partial charge on any atom is -0.335 e. The van der Waals surface area contributed by atoms with Crippen molar-refractivity contribution in [2.45, 2.75) is 30.8 Å². The van der Waals surface area contributed by atoms with Crippen molar-refractivity contribution in [1.29, 1.82) is 0 Å². The molecule has 1 aromatic carbocycles. The Bertz CT molecular complexity index is 693. The lowest BCUT2D eigenvalue weighted by molar-refractivity contribution is 0.550. The fourth-order valence-electron chi connectivity index (χ4n) is 2.76. The molecule has 1 saturated carbocycles. The first-order valence-electron chi connectivity index (χ1n) is 6.48. The number of nitrogens with zero attached hydrogens (tertiary/aromatic N) is 1. The molecule has 2 atom stereocenters. The minimum atomic E-state index is -3.53. The van der Waals surface area contributed by atoms with Gasteiger partial charge in [0.1, 0.15) is 0 Å². The maximum atomic E-state index is 12.2. The molecule has 1 fully saturated rings. The molecular weight excluding hydrogens is 274 g/mol. The SMILES string of the molecule is CC1(C)[C@@H](NS(=O)(=O)c2cnc[nH]2)[C@@H]1c1ccccc1. The third-order valence-corrected chi connectivity index (χ3v) is 5.40. The first-order valence-corrected chi connectivity index (χ1v) is 7.97. The molecule has 1 aliphatic carbocycles. The van der Waals surface area contributed by atoms with Crippen LogP contribution < -0.4 is 4.72 Å². The van der Waals surface area contributed by atoms with Gasteiger partial charge in [-0.15, -0.1) is 0 Å². The van der Waals surface area contributed by atoms with Crippen LogP contribution in [0.5, 0.6) is 0 Å². The van der Waals surface area contributed by atoms with E-state index < -0.39 is 10.0 Å². The van der Waals surface area contributed by atoms with E-state index in [9.17, 15) is 8.42 Å². The molecule has 1 aromatic heterocycles. The fourth-order valence-corrected chi connectivity index (χ4v) is 4.07. The molecule has 2 aromatic rings. The highest BCUT2D eigenvalue weighted by Gasteiger charge is 2.59. The van der Waals surface area contributed by atoms with Crippen molar-refractivity contribution in [3.05, 3.63) is 48.4 Å². The van der Waals surface area contributed by atoms with E-state index in [2.05, 4.69) is 28.5 Å². The van der Waals surface area contributed by atoms with Gasteiger partial charge in [0, 0.05) is 12.0 Å². The number of sulfonamides is 1. The first kappa shape index (κ1) is 13.3. The summed E-state index contributed by atoms with van der Waals surface area (Å²) in [4.78, 5) is 6.39. The predicted octanol–water partition coefficient (Wildman–Crippen LogP) is 1.88. The summed E-state index contributed by atoms with van der Waals surface area (Å²) < 4.78 is 27.2. The second-order valence-electron chi connectivity index (χ2n) is 5.72. The van der Waals surface area contributed by atoms with Crippen LogP contribution in [0.2, 0.25) is 0 Å². The van der Waals surface area contributed by atoms with Crippen LogP contribution in [0.25, 0.3) is 0 Å². The molecule has 1 aliphatic rings. The highest BCUT2D eigenvalue weighted by molar-refractivity contribution is 7.89. The zero-order valence-corrected chi connectivity index (χ0v) is 12.2. The summed E-state index contributed by atoms with van der Waals surface area (Å²) in [6.45, 7) is 4.15. The molecule has 3 rings (SSSR count). The molecule has 20 heavy (non-hydrogen) atoms. The molecule has 0 unspecified atom stereocenters. The van der Waals surface area contributed by atoms with Gasteiger partial charge in [0.25, 0.3) is 10.0 Å². The second kappa shape index (κ2) is 4.43. The van der Waals surface area contributed by atoms with Crippen LogP contribution in [-0.2, 0) is 10.0 Å². The van der Waals surface area contributed by atoms with Crippen LogP contribution in [0.1, 0.15) is 25.3 Å². The molecule has 0 radical (unpaired) electrons. The Kier molecular flexibility index (Phi) is 2.95. The maximum Gasteiger partial charge on any atom is 0.257 e. The van der Waals surface area contributed by atoms with E-state index in [1.54, 1.807) is 0 Å². The van der Waals surface area contributed by atoms with Gasteiger partial charge >= 0.3 is 0 Å². The Hall–Kier alpha value is -1.66. The van der Waals surface area contributed by atoms with Crippen molar-refractivity contribution < 1.29 is 8.42 Å². The Morgan fingerprint density at radius 2 is 1.95 bits per heavy atom. The fraction of sp³-hybridized carbons (Fsp3) is 0.357. The van der Waals surface area contributed by atoms with Crippen LogP contribution in [0.15, 0.2) is 47.9 Å². The van der Waals surface area contributed by atoms with Crippen molar-refractivity contribution in [3.63, 3.8) is 0 Å². The number of rotatable bonds is 4. The summed E-state index contributed by atoms with van der Waals surface area (Å²) >= 11 is 0. The quantitative estimate of drug-likeness (QED) is 0.903. The highest BCUT2D eigenvalue weighted by atomic mass is 32.2. The summed E-state index contributed by atoms with van der Waals surface area (Å²) in [5, 5.41) is 0.104. The summed E-state index contributed by atoms with van der Waals surface area (Å²) in [6.07, 6.45) is 2.68. The predicted molar refractivity (Wildman–Crippen MR) is 75.7 cm³/mol. The van der Waals surface area contributed by atoms with Gasteiger partial charge in [0.15, 0.2) is 5.03 Å². The summed E-state index contributed by atoms with van der Waals surface area (Å²) in [5.74, 6) is 0.196. The summed E-state index contributed by atoms with van der Waals surface area (Å²) in [5.41, 5.74) is 1.07. The van der Waals surface area contributed by atoms with Gasteiger partial charge in [-0.25, -0.2) is 18.1 Å². The smallest absolute Gasteiger partial charge is 0.257 e. The standard InChI is InChI=1S/C14H17N3O2S/c1-14(2)12(10-6-4-3-5-7-10)13(14)17-20(18,19)11-8-15-9-16-11/h3-9,12-13,17H,1-2H3,(H,15,16)/t12-,13-/m0/s1. The monoisotopic (exact) mass is 291 g/mol. The van der Waals surface area contributed by atoms with Crippen LogP contribution in [-0.4, -0.2) is 24.4 Å². The third-order valence-electron chi connectivity index (χ3n) is 4.03. The normalized spacial score (nSPS) is 24.5. The Morgan fingerprint density at radius 1 is 1.25 bits per heavy atom. The summed E-state index contributed by atoms with van der Waals surface area (Å²) in [6, 6.07) is 9.89. The minimum absolute atomic E-state index is 0.0888. The number of aromatic amines is 1. The lowest BCUT2D eigenvalue weighted by atomic mass is 10.0. The first-order chi connectivity index (χ1) is 9.43. The van der Waals surface area contributed by atoms with Crippen LogP contribution in [0.3, 0.4) is 0 Å². The van der Waals surface area contributed by atoms with Gasteiger partial charge < -0.3 is 4.98 Å². The molecule has 106 valence electrons. The number of H-pyrrole nitrogens is 1. The molecule has 0 amide bonds. The van der Waals surface area contributed by atoms with Crippen LogP contribution >= 0.6 is 0 Å². The van der Waals surface area contributed by atoms with Crippen molar-refractivity contribution >= 4 is 10.0 Å². The van der Waals surface area contributed by atoms with Gasteiger partial charge in [0.05, 0.1) is 12.5 Å². The van der Waals surface area contributed by atoms with Gasteiger partial charge in [-0.05, 0) is 11.0 Å². The summed E-state index contributed by atoms with van der Waals surface area (Å²) in [7, 11) is -3.53. The topological polar surface area (TPSA) is 74.8 Å². The molecule has 2 N–H and O–H groups in total. The lowest BCUT2D eigenvalue weighted by Crippen LogP contribution is -2.29. The Balaban J connectivity index is 1.83. The van der Waals surface area contributed by atoms with E-state index in [-0.39, 0.29) is 22.4 Å². The molecule has 0 aliphatic heterocycles. The Labute approximate surface area is 118 Å². The molecule has 0 spiro atoms. The van der Waals surface area contributed by atoms with Crippen molar-refractivity contribution in [1.82, 2.24) is 14.7 Å². The van der Waals surface area contributed by atoms with Gasteiger partial charge in [0.2, 0.25) is 0 Å². The van der Waals surface area contributed by atoms with Crippen LogP contribution in [0, 0.1) is 5.41 Å². The molecule has 0 bridgehead atoms. The molecular formula is C14H17N3O2S.